The van der Waals surface area contributed by atoms with Gasteiger partial charge in [0.05, 0.1) is 12.2 Å². The third-order valence-electron chi connectivity index (χ3n) is 2.94. The van der Waals surface area contributed by atoms with E-state index in [0.717, 1.165) is 31.1 Å². The number of benzene rings is 1. The Kier molecular flexibility index (Phi) is 4.09. The Balaban J connectivity index is 1.76. The molecule has 1 fully saturated rings. The minimum absolute atomic E-state index is 0.511. The van der Waals surface area contributed by atoms with E-state index >= 15 is 0 Å². The van der Waals surface area contributed by atoms with Gasteiger partial charge in [-0.15, -0.1) is 0 Å². The molecule has 0 saturated carbocycles. The average molecular weight is 251 g/mol. The monoisotopic (exact) mass is 251 g/mol. The summed E-state index contributed by atoms with van der Waals surface area (Å²) < 4.78 is 11.2. The molecular weight excluding hydrogens is 230 g/mol. The molecule has 1 aromatic rings. The Bertz CT molecular complexity index is 384. The summed E-state index contributed by atoms with van der Waals surface area (Å²) in [5.74, 6) is 1.57. The largest absolute Gasteiger partial charge is 0.490 e. The van der Waals surface area contributed by atoms with Crippen molar-refractivity contribution in [1.29, 1.82) is 0 Å². The number of aliphatic hydroxyl groups is 1. The zero-order valence-electron chi connectivity index (χ0n) is 11.1. The zero-order chi connectivity index (χ0) is 13.0. The smallest absolute Gasteiger partial charge is 0.161 e. The second-order valence-electron chi connectivity index (χ2n) is 4.94. The van der Waals surface area contributed by atoms with Crippen LogP contribution in [-0.2, 0) is 0 Å². The summed E-state index contributed by atoms with van der Waals surface area (Å²) >= 11 is 0. The Morgan fingerprint density at radius 1 is 1.22 bits per heavy atom. The number of hydrogen-bond donors (Lipinski definition) is 1. The standard InChI is InChI=1S/C14H21NO3/c1-3-17-12-6-4-5-7-13(12)18-9-8-15-10-14(2,16)11-15/h4-7,16H,3,8-11H2,1-2H3. The van der Waals surface area contributed by atoms with Crippen LogP contribution in [0.15, 0.2) is 24.3 Å². The Morgan fingerprint density at radius 3 is 2.39 bits per heavy atom. The highest BCUT2D eigenvalue weighted by atomic mass is 16.5. The van der Waals surface area contributed by atoms with Crippen LogP contribution in [0.5, 0.6) is 11.5 Å². The van der Waals surface area contributed by atoms with Gasteiger partial charge in [0.25, 0.3) is 0 Å². The van der Waals surface area contributed by atoms with Crippen LogP contribution < -0.4 is 9.47 Å². The lowest BCUT2D eigenvalue weighted by Crippen LogP contribution is -2.60. The number of likely N-dealkylation sites (tertiary alicyclic amines) is 1. The van der Waals surface area contributed by atoms with E-state index in [1.165, 1.54) is 0 Å². The SMILES string of the molecule is CCOc1ccccc1OCCN1CC(C)(O)C1. The van der Waals surface area contributed by atoms with E-state index in [1.54, 1.807) is 0 Å². The van der Waals surface area contributed by atoms with Crippen molar-refractivity contribution in [1.82, 2.24) is 4.90 Å². The first-order chi connectivity index (χ1) is 8.61. The second kappa shape index (κ2) is 5.59. The maximum absolute atomic E-state index is 9.61. The van der Waals surface area contributed by atoms with E-state index in [2.05, 4.69) is 4.90 Å². The van der Waals surface area contributed by atoms with E-state index in [1.807, 2.05) is 38.1 Å². The van der Waals surface area contributed by atoms with Crippen molar-refractivity contribution in [3.8, 4) is 11.5 Å². The lowest BCUT2D eigenvalue weighted by Gasteiger charge is -2.44. The number of β-amino-alcohol motifs (C(OH)–C–C–N with tert-alkyl or cyclic N) is 1. The summed E-state index contributed by atoms with van der Waals surface area (Å²) in [6.45, 7) is 7.34. The third kappa shape index (κ3) is 3.37. The molecule has 0 atom stereocenters. The molecule has 2 rings (SSSR count). The van der Waals surface area contributed by atoms with Gasteiger partial charge < -0.3 is 14.6 Å². The quantitative estimate of drug-likeness (QED) is 0.832. The molecule has 1 N–H and O–H groups in total. The minimum atomic E-state index is -0.511. The van der Waals surface area contributed by atoms with Crippen LogP contribution in [-0.4, -0.2) is 48.5 Å². The molecule has 0 spiro atoms. The highest BCUT2D eigenvalue weighted by molar-refractivity contribution is 5.39. The molecule has 4 nitrogen and oxygen atoms in total. The van der Waals surface area contributed by atoms with Crippen LogP contribution in [0.2, 0.25) is 0 Å². The first-order valence-electron chi connectivity index (χ1n) is 6.40. The average Bonchev–Trinajstić information content (AvgIpc) is 2.29. The van der Waals surface area contributed by atoms with Crippen molar-refractivity contribution >= 4 is 0 Å². The number of para-hydroxylation sites is 2. The summed E-state index contributed by atoms with van der Waals surface area (Å²) in [4.78, 5) is 2.17. The van der Waals surface area contributed by atoms with Crippen LogP contribution in [0, 0.1) is 0 Å². The van der Waals surface area contributed by atoms with Crippen molar-refractivity contribution in [2.75, 3.05) is 32.8 Å². The molecule has 0 radical (unpaired) electrons. The molecule has 0 unspecified atom stereocenters. The van der Waals surface area contributed by atoms with Gasteiger partial charge >= 0.3 is 0 Å². The molecule has 1 heterocycles. The van der Waals surface area contributed by atoms with Crippen molar-refractivity contribution in [2.24, 2.45) is 0 Å². The molecule has 100 valence electrons. The Hall–Kier alpha value is -1.26. The second-order valence-corrected chi connectivity index (χ2v) is 4.94. The van der Waals surface area contributed by atoms with Crippen molar-refractivity contribution in [3.05, 3.63) is 24.3 Å². The lowest BCUT2D eigenvalue weighted by molar-refractivity contribution is -0.0860. The molecule has 1 saturated heterocycles. The molecule has 1 aliphatic rings. The van der Waals surface area contributed by atoms with Crippen molar-refractivity contribution in [3.63, 3.8) is 0 Å². The first-order valence-corrected chi connectivity index (χ1v) is 6.40. The van der Waals surface area contributed by atoms with E-state index in [4.69, 9.17) is 9.47 Å². The van der Waals surface area contributed by atoms with Crippen LogP contribution >= 0.6 is 0 Å². The van der Waals surface area contributed by atoms with Crippen molar-refractivity contribution < 1.29 is 14.6 Å². The van der Waals surface area contributed by atoms with E-state index in [9.17, 15) is 5.11 Å². The molecule has 0 amide bonds. The van der Waals surface area contributed by atoms with Gasteiger partial charge in [0.2, 0.25) is 0 Å². The molecule has 0 aliphatic carbocycles. The fourth-order valence-electron chi connectivity index (χ4n) is 2.20. The molecule has 18 heavy (non-hydrogen) atoms. The zero-order valence-corrected chi connectivity index (χ0v) is 11.1. The van der Waals surface area contributed by atoms with Gasteiger partial charge in [-0.2, -0.15) is 0 Å². The number of hydrogen-bond acceptors (Lipinski definition) is 4. The predicted molar refractivity (Wildman–Crippen MR) is 70.2 cm³/mol. The highest BCUT2D eigenvalue weighted by Gasteiger charge is 2.35. The third-order valence-corrected chi connectivity index (χ3v) is 2.94. The number of rotatable bonds is 6. The fourth-order valence-corrected chi connectivity index (χ4v) is 2.20. The first kappa shape index (κ1) is 13.2. The lowest BCUT2D eigenvalue weighted by atomic mass is 9.97. The van der Waals surface area contributed by atoms with E-state index < -0.39 is 5.60 Å². The molecular formula is C14H21NO3. The van der Waals surface area contributed by atoms with Gasteiger partial charge in [-0.3, -0.25) is 4.90 Å². The summed E-state index contributed by atoms with van der Waals surface area (Å²) in [5.41, 5.74) is -0.511. The summed E-state index contributed by atoms with van der Waals surface area (Å²) in [7, 11) is 0. The van der Waals surface area contributed by atoms with Gasteiger partial charge in [-0.05, 0) is 26.0 Å². The van der Waals surface area contributed by atoms with Gasteiger partial charge in [0, 0.05) is 19.6 Å². The summed E-state index contributed by atoms with van der Waals surface area (Å²) in [6.07, 6.45) is 0. The summed E-state index contributed by atoms with van der Waals surface area (Å²) in [5, 5.41) is 9.61. The maximum atomic E-state index is 9.61. The molecule has 0 aromatic heterocycles. The van der Waals surface area contributed by atoms with Crippen molar-refractivity contribution in [2.45, 2.75) is 19.4 Å². The van der Waals surface area contributed by atoms with Gasteiger partial charge in [0.1, 0.15) is 6.61 Å². The highest BCUT2D eigenvalue weighted by Crippen LogP contribution is 2.26. The van der Waals surface area contributed by atoms with Gasteiger partial charge in [-0.25, -0.2) is 0 Å². The van der Waals surface area contributed by atoms with Crippen LogP contribution in [0.4, 0.5) is 0 Å². The summed E-state index contributed by atoms with van der Waals surface area (Å²) in [6, 6.07) is 7.70. The number of nitrogens with zero attached hydrogens (tertiary/aromatic N) is 1. The van der Waals surface area contributed by atoms with Gasteiger partial charge in [-0.1, -0.05) is 12.1 Å². The van der Waals surface area contributed by atoms with E-state index in [0.29, 0.717) is 13.2 Å². The normalized spacial score (nSPS) is 18.2. The van der Waals surface area contributed by atoms with Crippen LogP contribution in [0.3, 0.4) is 0 Å². The predicted octanol–water partition coefficient (Wildman–Crippen LogP) is 1.53. The molecule has 4 heteroatoms. The molecule has 1 aromatic carbocycles. The fraction of sp³-hybridized carbons (Fsp3) is 0.571. The van der Waals surface area contributed by atoms with Crippen LogP contribution in [0.25, 0.3) is 0 Å². The van der Waals surface area contributed by atoms with Crippen LogP contribution in [0.1, 0.15) is 13.8 Å². The van der Waals surface area contributed by atoms with E-state index in [-0.39, 0.29) is 0 Å². The minimum Gasteiger partial charge on any atom is -0.490 e. The topological polar surface area (TPSA) is 41.9 Å². The molecule has 0 bridgehead atoms. The number of ether oxygens (including phenoxy) is 2. The Morgan fingerprint density at radius 2 is 1.83 bits per heavy atom. The molecule has 1 aliphatic heterocycles. The Labute approximate surface area is 108 Å². The maximum Gasteiger partial charge on any atom is 0.161 e. The van der Waals surface area contributed by atoms with Gasteiger partial charge in [0.15, 0.2) is 11.5 Å².